The van der Waals surface area contributed by atoms with Crippen molar-refractivity contribution in [3.8, 4) is 0 Å². The average molecular weight is 694 g/mol. The number of hydrogen-bond donors (Lipinski definition) is 1. The lowest BCUT2D eigenvalue weighted by atomic mass is 9.97. The van der Waals surface area contributed by atoms with Gasteiger partial charge in [0, 0.05) is 45.3 Å². The Hall–Kier alpha value is -3.86. The van der Waals surface area contributed by atoms with Crippen molar-refractivity contribution in [2.75, 3.05) is 32.7 Å². The molecule has 1 aromatic heterocycles. The molecule has 8 nitrogen and oxygen atoms in total. The molecule has 1 aliphatic rings. The Kier molecular flexibility index (Phi) is 12.2. The van der Waals surface area contributed by atoms with E-state index in [9.17, 15) is 13.5 Å². The molecule has 9 heteroatoms. The SMILES string of the molecule is CC(C)CN(CC(O)C(Cc1ccccc1)N(Cc1ccccc1)Cc1ccccc1)S(=O)(=O)c1ccc2ncn(CCN3CCCC3)c2c1. The summed E-state index contributed by atoms with van der Waals surface area (Å²) in [6.45, 7) is 9.42. The number of hydrogen-bond acceptors (Lipinski definition) is 6. The van der Waals surface area contributed by atoms with Crippen LogP contribution in [0.5, 0.6) is 0 Å². The molecule has 0 saturated carbocycles. The molecule has 50 heavy (non-hydrogen) atoms. The average Bonchev–Trinajstić information content (AvgIpc) is 3.80. The number of aromatic nitrogens is 2. The number of fused-ring (bicyclic) bond motifs is 1. The third-order valence-electron chi connectivity index (χ3n) is 9.70. The van der Waals surface area contributed by atoms with E-state index >= 15 is 0 Å². The Morgan fingerprint density at radius 3 is 1.92 bits per heavy atom. The predicted molar refractivity (Wildman–Crippen MR) is 201 cm³/mol. The van der Waals surface area contributed by atoms with Gasteiger partial charge in [-0.25, -0.2) is 13.4 Å². The summed E-state index contributed by atoms with van der Waals surface area (Å²) in [4.78, 5) is 9.54. The van der Waals surface area contributed by atoms with Crippen molar-refractivity contribution in [3.63, 3.8) is 0 Å². The topological polar surface area (TPSA) is 81.9 Å². The van der Waals surface area contributed by atoms with Crippen LogP contribution in [0.25, 0.3) is 11.0 Å². The van der Waals surface area contributed by atoms with Gasteiger partial charge in [0.2, 0.25) is 10.0 Å². The summed E-state index contributed by atoms with van der Waals surface area (Å²) in [6, 6.07) is 35.6. The third-order valence-corrected chi connectivity index (χ3v) is 11.5. The van der Waals surface area contributed by atoms with Crippen molar-refractivity contribution in [1.82, 2.24) is 23.7 Å². The minimum Gasteiger partial charge on any atom is -0.390 e. The zero-order valence-corrected chi connectivity index (χ0v) is 30.2. The van der Waals surface area contributed by atoms with E-state index in [1.807, 2.05) is 74.8 Å². The van der Waals surface area contributed by atoms with E-state index in [2.05, 4.69) is 55.7 Å². The quantitative estimate of drug-likeness (QED) is 0.121. The van der Waals surface area contributed by atoms with Gasteiger partial charge in [0.05, 0.1) is 28.4 Å². The molecule has 2 unspecified atom stereocenters. The Morgan fingerprint density at radius 1 is 0.760 bits per heavy atom. The fourth-order valence-electron chi connectivity index (χ4n) is 7.08. The largest absolute Gasteiger partial charge is 0.390 e. The van der Waals surface area contributed by atoms with Gasteiger partial charge >= 0.3 is 0 Å². The molecule has 5 aromatic rings. The maximum atomic E-state index is 14.5. The Balaban J connectivity index is 1.31. The van der Waals surface area contributed by atoms with Gasteiger partial charge in [-0.2, -0.15) is 4.31 Å². The van der Waals surface area contributed by atoms with Gasteiger partial charge in [0.25, 0.3) is 0 Å². The van der Waals surface area contributed by atoms with Gasteiger partial charge in [-0.1, -0.05) is 105 Å². The fourth-order valence-corrected chi connectivity index (χ4v) is 8.72. The predicted octanol–water partition coefficient (Wildman–Crippen LogP) is 6.45. The molecule has 2 atom stereocenters. The van der Waals surface area contributed by atoms with Gasteiger partial charge in [-0.05, 0) is 73.2 Å². The Bertz CT molecular complexity index is 1840. The molecule has 1 fully saturated rings. The molecule has 0 spiro atoms. The molecule has 0 amide bonds. The maximum absolute atomic E-state index is 14.5. The highest BCUT2D eigenvalue weighted by molar-refractivity contribution is 7.89. The molecule has 2 heterocycles. The van der Waals surface area contributed by atoms with Crippen LogP contribution < -0.4 is 0 Å². The smallest absolute Gasteiger partial charge is 0.243 e. The number of imidazole rings is 1. The summed E-state index contributed by atoms with van der Waals surface area (Å²) in [7, 11) is -3.95. The van der Waals surface area contributed by atoms with E-state index in [-0.39, 0.29) is 23.4 Å². The summed E-state index contributed by atoms with van der Waals surface area (Å²) in [5.74, 6) is 0.0593. The van der Waals surface area contributed by atoms with Gasteiger partial charge in [-0.15, -0.1) is 0 Å². The summed E-state index contributed by atoms with van der Waals surface area (Å²) in [6.07, 6.45) is 3.88. The summed E-state index contributed by atoms with van der Waals surface area (Å²) in [5.41, 5.74) is 4.95. The zero-order chi connectivity index (χ0) is 34.9. The first-order valence-electron chi connectivity index (χ1n) is 18.0. The van der Waals surface area contributed by atoms with Gasteiger partial charge in [0.15, 0.2) is 0 Å². The van der Waals surface area contributed by atoms with Crippen molar-refractivity contribution >= 4 is 21.1 Å². The zero-order valence-electron chi connectivity index (χ0n) is 29.4. The highest BCUT2D eigenvalue weighted by Gasteiger charge is 2.34. The molecule has 1 aliphatic heterocycles. The van der Waals surface area contributed by atoms with Crippen LogP contribution in [0.1, 0.15) is 43.4 Å². The number of rotatable bonds is 17. The summed E-state index contributed by atoms with van der Waals surface area (Å²) < 4.78 is 32.6. The molecule has 6 rings (SSSR count). The third kappa shape index (κ3) is 9.27. The molecular weight excluding hydrogens is 643 g/mol. The number of sulfonamides is 1. The van der Waals surface area contributed by atoms with Crippen LogP contribution in [0.3, 0.4) is 0 Å². The first-order valence-corrected chi connectivity index (χ1v) is 19.4. The second-order valence-corrected chi connectivity index (χ2v) is 16.0. The van der Waals surface area contributed by atoms with Crippen LogP contribution in [-0.4, -0.2) is 82.1 Å². The first-order chi connectivity index (χ1) is 24.3. The molecule has 0 aliphatic carbocycles. The van der Waals surface area contributed by atoms with E-state index in [1.54, 1.807) is 18.2 Å². The number of aliphatic hydroxyl groups is 1. The lowest BCUT2D eigenvalue weighted by molar-refractivity contribution is 0.0273. The summed E-state index contributed by atoms with van der Waals surface area (Å²) in [5, 5.41) is 12.3. The first kappa shape index (κ1) is 35.9. The second kappa shape index (κ2) is 16.9. The molecule has 264 valence electrons. The van der Waals surface area contributed by atoms with E-state index in [4.69, 9.17) is 0 Å². The number of benzene rings is 4. The van der Waals surface area contributed by atoms with Gasteiger partial charge < -0.3 is 14.6 Å². The van der Waals surface area contributed by atoms with Crippen LogP contribution in [0.15, 0.2) is 120 Å². The monoisotopic (exact) mass is 693 g/mol. The van der Waals surface area contributed by atoms with Crippen LogP contribution in [0.2, 0.25) is 0 Å². The highest BCUT2D eigenvalue weighted by Crippen LogP contribution is 2.26. The van der Waals surface area contributed by atoms with Crippen molar-refractivity contribution in [1.29, 1.82) is 0 Å². The van der Waals surface area contributed by atoms with E-state index in [0.29, 0.717) is 26.1 Å². The van der Waals surface area contributed by atoms with Crippen LogP contribution in [0.4, 0.5) is 0 Å². The second-order valence-electron chi connectivity index (χ2n) is 14.1. The van der Waals surface area contributed by atoms with Crippen LogP contribution in [-0.2, 0) is 36.1 Å². The van der Waals surface area contributed by atoms with E-state index in [0.717, 1.165) is 53.9 Å². The van der Waals surface area contributed by atoms with Crippen LogP contribution >= 0.6 is 0 Å². The van der Waals surface area contributed by atoms with Gasteiger partial charge in [-0.3, -0.25) is 4.90 Å². The van der Waals surface area contributed by atoms with Crippen molar-refractivity contribution < 1.29 is 13.5 Å². The Labute approximate surface area is 298 Å². The minimum absolute atomic E-state index is 0.0235. The summed E-state index contributed by atoms with van der Waals surface area (Å²) >= 11 is 0. The number of aliphatic hydroxyl groups excluding tert-OH is 1. The molecule has 4 aromatic carbocycles. The Morgan fingerprint density at radius 2 is 1.34 bits per heavy atom. The number of likely N-dealkylation sites (tertiary alicyclic amines) is 1. The fraction of sp³-hybridized carbons (Fsp3) is 0.390. The lowest BCUT2D eigenvalue weighted by Crippen LogP contribution is -2.50. The van der Waals surface area contributed by atoms with Crippen molar-refractivity contribution in [2.45, 2.75) is 69.8 Å². The van der Waals surface area contributed by atoms with E-state index in [1.165, 1.54) is 17.1 Å². The standard InChI is InChI=1S/C41H51N5O3S/c1-33(2)28-46(50(48,49)37-20-21-38-39(27-37)44(32-42-38)25-24-43-22-12-13-23-43)31-41(47)40(26-34-14-6-3-7-15-34)45(29-35-16-8-4-9-17-35)30-36-18-10-5-11-19-36/h3-11,14-21,27,32-33,40-41,47H,12-13,22-26,28-31H2,1-2H3. The van der Waals surface area contributed by atoms with Crippen LogP contribution in [0, 0.1) is 5.92 Å². The molecular formula is C41H51N5O3S. The van der Waals surface area contributed by atoms with E-state index < -0.39 is 16.1 Å². The molecule has 1 saturated heterocycles. The lowest BCUT2D eigenvalue weighted by Gasteiger charge is -2.37. The number of nitrogens with zero attached hydrogens (tertiary/aromatic N) is 5. The molecule has 0 bridgehead atoms. The molecule has 0 radical (unpaired) electrons. The van der Waals surface area contributed by atoms with Crippen molar-refractivity contribution in [2.24, 2.45) is 5.92 Å². The molecule has 1 N–H and O–H groups in total. The highest BCUT2D eigenvalue weighted by atomic mass is 32.2. The normalized spacial score (nSPS) is 15.4. The minimum atomic E-state index is -3.95. The van der Waals surface area contributed by atoms with Gasteiger partial charge in [0.1, 0.15) is 0 Å². The maximum Gasteiger partial charge on any atom is 0.243 e. The van der Waals surface area contributed by atoms with Crippen molar-refractivity contribution in [3.05, 3.63) is 132 Å².